The molecule has 4 nitrogen and oxygen atoms in total. The summed E-state index contributed by atoms with van der Waals surface area (Å²) < 4.78 is 1.03. The van der Waals surface area contributed by atoms with Gasteiger partial charge in [-0.05, 0) is 36.2 Å². The van der Waals surface area contributed by atoms with E-state index in [0.29, 0.717) is 10.9 Å². The molecule has 134 valence electrons. The van der Waals surface area contributed by atoms with E-state index in [4.69, 9.17) is 0 Å². The van der Waals surface area contributed by atoms with Crippen LogP contribution in [0, 0.1) is 0 Å². The Hall–Kier alpha value is -1.57. The smallest absolute Gasteiger partial charge is 0.239 e. The van der Waals surface area contributed by atoms with E-state index in [2.05, 4.69) is 31.4 Å². The monoisotopic (exact) mass is 447 g/mol. The van der Waals surface area contributed by atoms with Crippen molar-refractivity contribution >= 4 is 56.2 Å². The molecule has 1 aliphatic heterocycles. The number of thioether (sulfide) groups is 2. The third-order valence-electron chi connectivity index (χ3n) is 3.70. The lowest BCUT2D eigenvalue weighted by molar-refractivity contribution is -0.119. The lowest BCUT2D eigenvalue weighted by Crippen LogP contribution is -2.36. The second-order valence-electron chi connectivity index (χ2n) is 5.56. The zero-order valence-corrected chi connectivity index (χ0v) is 17.4. The Morgan fingerprint density at radius 3 is 2.54 bits per heavy atom. The molecule has 1 unspecified atom stereocenters. The van der Waals surface area contributed by atoms with E-state index in [9.17, 15) is 4.79 Å². The number of carbonyl (C=O) groups is 1. The number of carbonyl (C=O) groups excluding carboxylic acids is 1. The first-order chi connectivity index (χ1) is 12.7. The van der Waals surface area contributed by atoms with Gasteiger partial charge in [-0.25, -0.2) is 0 Å². The van der Waals surface area contributed by atoms with E-state index < -0.39 is 0 Å². The van der Waals surface area contributed by atoms with Gasteiger partial charge in [-0.1, -0.05) is 64.9 Å². The van der Waals surface area contributed by atoms with Gasteiger partial charge in [-0.3, -0.25) is 4.79 Å². The van der Waals surface area contributed by atoms with E-state index in [1.54, 1.807) is 11.8 Å². The van der Waals surface area contributed by atoms with E-state index in [1.165, 1.54) is 11.8 Å². The molecule has 0 radical (unpaired) electrons. The number of amidine groups is 1. The zero-order valence-electron chi connectivity index (χ0n) is 14.2. The SMILES string of the molecule is CCC(Sc1ccccc1)C(=O)NC1=NN=C(c2ccc(Br)cc2)CS1. The molecule has 0 bridgehead atoms. The van der Waals surface area contributed by atoms with Gasteiger partial charge in [0.05, 0.1) is 11.0 Å². The molecule has 26 heavy (non-hydrogen) atoms. The van der Waals surface area contributed by atoms with Gasteiger partial charge in [0.1, 0.15) is 0 Å². The summed E-state index contributed by atoms with van der Waals surface area (Å²) in [5.41, 5.74) is 1.95. The van der Waals surface area contributed by atoms with Gasteiger partial charge in [0.2, 0.25) is 5.91 Å². The van der Waals surface area contributed by atoms with Crippen LogP contribution >= 0.6 is 39.5 Å². The summed E-state index contributed by atoms with van der Waals surface area (Å²) in [6.07, 6.45) is 0.747. The average Bonchev–Trinajstić information content (AvgIpc) is 2.68. The quantitative estimate of drug-likeness (QED) is 0.659. The number of hydrogen-bond donors (Lipinski definition) is 1. The van der Waals surface area contributed by atoms with E-state index in [0.717, 1.165) is 27.1 Å². The van der Waals surface area contributed by atoms with Crippen molar-refractivity contribution in [1.82, 2.24) is 5.32 Å². The fraction of sp³-hybridized carbons (Fsp3) is 0.211. The first-order valence-electron chi connectivity index (χ1n) is 8.21. The average molecular weight is 448 g/mol. The molecule has 1 amide bonds. The van der Waals surface area contributed by atoms with Crippen LogP contribution in [0.4, 0.5) is 0 Å². The topological polar surface area (TPSA) is 53.8 Å². The molecule has 3 rings (SSSR count). The summed E-state index contributed by atoms with van der Waals surface area (Å²) in [7, 11) is 0. The Morgan fingerprint density at radius 1 is 1.19 bits per heavy atom. The van der Waals surface area contributed by atoms with Gasteiger partial charge >= 0.3 is 0 Å². The number of nitrogens with one attached hydrogen (secondary N) is 1. The summed E-state index contributed by atoms with van der Waals surface area (Å²) in [5.74, 6) is 0.651. The Bertz CT molecular complexity index is 822. The van der Waals surface area contributed by atoms with Gasteiger partial charge < -0.3 is 5.32 Å². The van der Waals surface area contributed by atoms with Gasteiger partial charge in [0, 0.05) is 15.1 Å². The minimum atomic E-state index is -0.155. The highest BCUT2D eigenvalue weighted by molar-refractivity contribution is 9.10. The standard InChI is InChI=1S/C19H18BrN3OS2/c1-2-17(26-15-6-4-3-5-7-15)18(24)21-19-23-22-16(12-25-19)13-8-10-14(20)11-9-13/h3-11,17H,2,12H2,1H3,(H,21,23,24). The Balaban J connectivity index is 1.63. The van der Waals surface area contributed by atoms with Crippen LogP contribution in [0.3, 0.4) is 0 Å². The fourth-order valence-corrected chi connectivity index (χ4v) is 4.33. The van der Waals surface area contributed by atoms with Crippen LogP contribution in [-0.2, 0) is 4.79 Å². The number of benzene rings is 2. The molecule has 0 fully saturated rings. The van der Waals surface area contributed by atoms with Crippen molar-refractivity contribution in [2.75, 3.05) is 5.75 Å². The van der Waals surface area contributed by atoms with Crippen LogP contribution in [0.15, 0.2) is 74.2 Å². The summed E-state index contributed by atoms with van der Waals surface area (Å²) >= 11 is 6.49. The number of rotatable bonds is 5. The van der Waals surface area contributed by atoms with Crippen molar-refractivity contribution in [3.05, 3.63) is 64.6 Å². The molecule has 1 heterocycles. The van der Waals surface area contributed by atoms with Crippen molar-refractivity contribution < 1.29 is 4.79 Å². The molecule has 1 atom stereocenters. The molecule has 0 spiro atoms. The molecule has 0 aromatic heterocycles. The molecule has 0 aliphatic carbocycles. The lowest BCUT2D eigenvalue weighted by atomic mass is 10.1. The minimum absolute atomic E-state index is 0.0325. The van der Waals surface area contributed by atoms with Crippen LogP contribution in [0.1, 0.15) is 18.9 Å². The second kappa shape index (κ2) is 9.39. The maximum absolute atomic E-state index is 12.6. The van der Waals surface area contributed by atoms with Crippen LogP contribution in [0.2, 0.25) is 0 Å². The fourth-order valence-electron chi connectivity index (χ4n) is 2.32. The predicted molar refractivity (Wildman–Crippen MR) is 115 cm³/mol. The minimum Gasteiger partial charge on any atom is -0.303 e. The first-order valence-corrected chi connectivity index (χ1v) is 10.9. The van der Waals surface area contributed by atoms with Crippen LogP contribution in [-0.4, -0.2) is 27.8 Å². The largest absolute Gasteiger partial charge is 0.303 e. The van der Waals surface area contributed by atoms with Gasteiger partial charge in [0.25, 0.3) is 0 Å². The number of halogens is 1. The van der Waals surface area contributed by atoms with Gasteiger partial charge in [-0.2, -0.15) is 5.10 Å². The Kier molecular flexibility index (Phi) is 6.93. The number of nitrogens with zero attached hydrogens (tertiary/aromatic N) is 2. The van der Waals surface area contributed by atoms with Gasteiger partial charge in [-0.15, -0.1) is 16.9 Å². The van der Waals surface area contributed by atoms with Crippen LogP contribution < -0.4 is 5.32 Å². The lowest BCUT2D eigenvalue weighted by Gasteiger charge is -2.17. The molecule has 2 aromatic rings. The molecule has 2 aromatic carbocycles. The van der Waals surface area contributed by atoms with Crippen molar-refractivity contribution in [2.45, 2.75) is 23.5 Å². The van der Waals surface area contributed by atoms with Gasteiger partial charge in [0.15, 0.2) is 5.17 Å². The van der Waals surface area contributed by atoms with Crippen LogP contribution in [0.5, 0.6) is 0 Å². The van der Waals surface area contributed by atoms with Crippen molar-refractivity contribution in [3.63, 3.8) is 0 Å². The molecular weight excluding hydrogens is 430 g/mol. The third-order valence-corrected chi connectivity index (χ3v) is 6.48. The van der Waals surface area contributed by atoms with E-state index in [-0.39, 0.29) is 11.2 Å². The highest BCUT2D eigenvalue weighted by atomic mass is 79.9. The molecule has 1 N–H and O–H groups in total. The molecule has 7 heteroatoms. The first kappa shape index (κ1) is 19.2. The molecule has 0 saturated carbocycles. The summed E-state index contributed by atoms with van der Waals surface area (Å²) in [4.78, 5) is 13.6. The highest BCUT2D eigenvalue weighted by Crippen LogP contribution is 2.25. The molecular formula is C19H18BrN3OS2. The third kappa shape index (κ3) is 5.22. The highest BCUT2D eigenvalue weighted by Gasteiger charge is 2.21. The van der Waals surface area contributed by atoms with Crippen LogP contribution in [0.25, 0.3) is 0 Å². The van der Waals surface area contributed by atoms with Crippen molar-refractivity contribution in [2.24, 2.45) is 10.2 Å². The number of hydrogen-bond acceptors (Lipinski definition) is 5. The molecule has 1 aliphatic rings. The maximum atomic E-state index is 12.6. The van der Waals surface area contributed by atoms with E-state index in [1.807, 2.05) is 61.5 Å². The summed E-state index contributed by atoms with van der Waals surface area (Å²) in [5, 5.41) is 11.8. The summed E-state index contributed by atoms with van der Waals surface area (Å²) in [6.45, 7) is 2.01. The Morgan fingerprint density at radius 2 is 1.92 bits per heavy atom. The van der Waals surface area contributed by atoms with Crippen molar-refractivity contribution in [3.8, 4) is 0 Å². The number of amides is 1. The maximum Gasteiger partial charge on any atom is 0.239 e. The molecule has 0 saturated heterocycles. The normalized spacial score (nSPS) is 15.0. The van der Waals surface area contributed by atoms with E-state index >= 15 is 0 Å². The predicted octanol–water partition coefficient (Wildman–Crippen LogP) is 4.94. The summed E-state index contributed by atoms with van der Waals surface area (Å²) in [6, 6.07) is 17.9. The van der Waals surface area contributed by atoms with Crippen molar-refractivity contribution in [1.29, 1.82) is 0 Å². The second-order valence-corrected chi connectivity index (χ2v) is 8.72. The zero-order chi connectivity index (χ0) is 18.4. The Labute approximate surface area is 170 Å².